The van der Waals surface area contributed by atoms with Crippen LogP contribution in [0.1, 0.15) is 15.9 Å². The van der Waals surface area contributed by atoms with Crippen LogP contribution in [-0.2, 0) is 0 Å². The molecule has 0 radical (unpaired) electrons. The van der Waals surface area contributed by atoms with Crippen molar-refractivity contribution in [2.45, 2.75) is 0 Å². The summed E-state index contributed by atoms with van der Waals surface area (Å²) in [6, 6.07) is 21.7. The van der Waals surface area contributed by atoms with E-state index < -0.39 is 5.97 Å². The van der Waals surface area contributed by atoms with Gasteiger partial charge < -0.3 is 4.74 Å². The van der Waals surface area contributed by atoms with Crippen molar-refractivity contribution >= 4 is 16.7 Å². The molecule has 0 N–H and O–H groups in total. The first kappa shape index (κ1) is 12.9. The van der Waals surface area contributed by atoms with Crippen molar-refractivity contribution in [3.8, 4) is 11.8 Å². The van der Waals surface area contributed by atoms with Crippen molar-refractivity contribution in [3.63, 3.8) is 0 Å². The fourth-order valence-electron chi connectivity index (χ4n) is 2.12. The van der Waals surface area contributed by atoms with Gasteiger partial charge in [0.2, 0.25) is 0 Å². The fraction of sp³-hybridized carbons (Fsp3) is 0. The average molecular weight is 273 g/mol. The van der Waals surface area contributed by atoms with E-state index in [0.717, 1.165) is 10.8 Å². The highest BCUT2D eigenvalue weighted by Crippen LogP contribution is 2.25. The van der Waals surface area contributed by atoms with Crippen LogP contribution in [0.5, 0.6) is 5.75 Å². The lowest BCUT2D eigenvalue weighted by molar-refractivity contribution is 0.0737. The summed E-state index contributed by atoms with van der Waals surface area (Å²) < 4.78 is 5.47. The quantitative estimate of drug-likeness (QED) is 0.525. The van der Waals surface area contributed by atoms with Crippen LogP contribution in [0.25, 0.3) is 10.8 Å². The maximum Gasteiger partial charge on any atom is 0.343 e. The number of hydrogen-bond acceptors (Lipinski definition) is 3. The number of carbonyl (C=O) groups excluding carboxylic acids is 1. The molecule has 3 nitrogen and oxygen atoms in total. The second kappa shape index (κ2) is 5.48. The summed E-state index contributed by atoms with van der Waals surface area (Å²) in [5, 5.41) is 10.7. The van der Waals surface area contributed by atoms with E-state index in [0.29, 0.717) is 16.9 Å². The number of esters is 1. The molecule has 3 heteroatoms. The van der Waals surface area contributed by atoms with Crippen LogP contribution in [-0.4, -0.2) is 5.97 Å². The Hall–Kier alpha value is -3.12. The minimum atomic E-state index is -0.434. The Morgan fingerprint density at radius 1 is 0.905 bits per heavy atom. The third-order valence-electron chi connectivity index (χ3n) is 3.20. The largest absolute Gasteiger partial charge is 0.422 e. The summed E-state index contributed by atoms with van der Waals surface area (Å²) in [5.41, 5.74) is 0.929. The summed E-state index contributed by atoms with van der Waals surface area (Å²) in [4.78, 5) is 12.2. The molecule has 0 aliphatic rings. The summed E-state index contributed by atoms with van der Waals surface area (Å²) in [5.74, 6) is 0.0957. The predicted molar refractivity (Wildman–Crippen MR) is 80.1 cm³/mol. The third-order valence-corrected chi connectivity index (χ3v) is 3.20. The van der Waals surface area contributed by atoms with E-state index in [-0.39, 0.29) is 0 Å². The third kappa shape index (κ3) is 2.60. The average Bonchev–Trinajstić information content (AvgIpc) is 2.55. The Kier molecular flexibility index (Phi) is 3.36. The highest BCUT2D eigenvalue weighted by molar-refractivity contribution is 5.95. The van der Waals surface area contributed by atoms with Gasteiger partial charge in [0.05, 0.1) is 17.2 Å². The number of carbonyl (C=O) groups is 1. The first-order valence-corrected chi connectivity index (χ1v) is 6.48. The van der Waals surface area contributed by atoms with Gasteiger partial charge in [-0.2, -0.15) is 5.26 Å². The monoisotopic (exact) mass is 273 g/mol. The molecule has 0 fully saturated rings. The van der Waals surface area contributed by atoms with E-state index in [4.69, 9.17) is 10.00 Å². The van der Waals surface area contributed by atoms with Gasteiger partial charge >= 0.3 is 5.97 Å². The smallest absolute Gasteiger partial charge is 0.343 e. The first-order chi connectivity index (χ1) is 10.3. The summed E-state index contributed by atoms with van der Waals surface area (Å²) in [6.45, 7) is 0. The van der Waals surface area contributed by atoms with E-state index in [1.807, 2.05) is 42.5 Å². The predicted octanol–water partition coefficient (Wildman–Crippen LogP) is 3.93. The first-order valence-electron chi connectivity index (χ1n) is 6.48. The van der Waals surface area contributed by atoms with Gasteiger partial charge in [0.1, 0.15) is 5.75 Å². The Morgan fingerprint density at radius 3 is 2.38 bits per heavy atom. The molecular formula is C18H11NO2. The number of benzene rings is 3. The summed E-state index contributed by atoms with van der Waals surface area (Å²) in [7, 11) is 0. The maximum atomic E-state index is 12.2. The highest BCUT2D eigenvalue weighted by Gasteiger charge is 2.10. The van der Waals surface area contributed by atoms with Gasteiger partial charge in [-0.3, -0.25) is 0 Å². The van der Waals surface area contributed by atoms with E-state index >= 15 is 0 Å². The minimum absolute atomic E-state index is 0.418. The van der Waals surface area contributed by atoms with Gasteiger partial charge in [0.15, 0.2) is 0 Å². The molecular weight excluding hydrogens is 262 g/mol. The van der Waals surface area contributed by atoms with Gasteiger partial charge in [0, 0.05) is 5.39 Å². The van der Waals surface area contributed by atoms with E-state index in [9.17, 15) is 4.79 Å². The molecule has 100 valence electrons. The number of rotatable bonds is 2. The molecule has 0 aromatic heterocycles. The fourth-order valence-corrected chi connectivity index (χ4v) is 2.12. The van der Waals surface area contributed by atoms with Gasteiger partial charge in [-0.1, -0.05) is 36.4 Å². The number of nitriles is 1. The number of fused-ring (bicyclic) bond motifs is 1. The maximum absolute atomic E-state index is 12.2. The molecule has 21 heavy (non-hydrogen) atoms. The van der Waals surface area contributed by atoms with Crippen LogP contribution in [0, 0.1) is 11.3 Å². The lowest BCUT2D eigenvalue weighted by Gasteiger charge is -2.07. The molecule has 0 saturated carbocycles. The van der Waals surface area contributed by atoms with Gasteiger partial charge in [-0.25, -0.2) is 4.79 Å². The molecule has 0 aliphatic carbocycles. The van der Waals surface area contributed by atoms with Gasteiger partial charge in [-0.15, -0.1) is 0 Å². The van der Waals surface area contributed by atoms with Crippen LogP contribution >= 0.6 is 0 Å². The Bertz CT molecular complexity index is 840. The van der Waals surface area contributed by atoms with E-state index in [1.54, 1.807) is 30.3 Å². The van der Waals surface area contributed by atoms with Crippen molar-refractivity contribution in [3.05, 3.63) is 77.9 Å². The van der Waals surface area contributed by atoms with Gasteiger partial charge in [0.25, 0.3) is 0 Å². The van der Waals surface area contributed by atoms with E-state index in [1.165, 1.54) is 0 Å². The number of nitrogens with zero attached hydrogens (tertiary/aromatic N) is 1. The zero-order chi connectivity index (χ0) is 14.7. The Balaban J connectivity index is 1.91. The standard InChI is InChI=1S/C18H11NO2/c19-12-13-8-10-15(11-9-13)18(20)21-17-7-3-5-14-4-1-2-6-16(14)17/h1-11H. The lowest BCUT2D eigenvalue weighted by atomic mass is 10.1. The van der Waals surface area contributed by atoms with Crippen LogP contribution in [0.15, 0.2) is 66.7 Å². The molecule has 0 aliphatic heterocycles. The van der Waals surface area contributed by atoms with E-state index in [2.05, 4.69) is 0 Å². The number of hydrogen-bond donors (Lipinski definition) is 0. The van der Waals surface area contributed by atoms with Crippen LogP contribution in [0.4, 0.5) is 0 Å². The Morgan fingerprint density at radius 2 is 1.62 bits per heavy atom. The zero-order valence-electron chi connectivity index (χ0n) is 11.1. The molecule has 0 atom stereocenters. The van der Waals surface area contributed by atoms with Crippen molar-refractivity contribution in [1.29, 1.82) is 5.26 Å². The molecule has 0 saturated heterocycles. The van der Waals surface area contributed by atoms with Crippen LogP contribution in [0.3, 0.4) is 0 Å². The normalized spacial score (nSPS) is 10.0. The summed E-state index contributed by atoms with van der Waals surface area (Å²) >= 11 is 0. The number of ether oxygens (including phenoxy) is 1. The second-order valence-corrected chi connectivity index (χ2v) is 4.56. The minimum Gasteiger partial charge on any atom is -0.422 e. The molecule has 0 heterocycles. The molecule has 0 unspecified atom stereocenters. The van der Waals surface area contributed by atoms with Crippen molar-refractivity contribution < 1.29 is 9.53 Å². The second-order valence-electron chi connectivity index (χ2n) is 4.56. The van der Waals surface area contributed by atoms with Crippen LogP contribution < -0.4 is 4.74 Å². The van der Waals surface area contributed by atoms with Gasteiger partial charge in [-0.05, 0) is 35.7 Å². The van der Waals surface area contributed by atoms with Crippen molar-refractivity contribution in [1.82, 2.24) is 0 Å². The lowest BCUT2D eigenvalue weighted by Crippen LogP contribution is -2.08. The van der Waals surface area contributed by atoms with Crippen molar-refractivity contribution in [2.24, 2.45) is 0 Å². The molecule has 3 aromatic carbocycles. The topological polar surface area (TPSA) is 50.1 Å². The van der Waals surface area contributed by atoms with Crippen LogP contribution in [0.2, 0.25) is 0 Å². The zero-order valence-corrected chi connectivity index (χ0v) is 11.1. The summed E-state index contributed by atoms with van der Waals surface area (Å²) in [6.07, 6.45) is 0. The molecule has 0 bridgehead atoms. The molecule has 3 rings (SSSR count). The highest BCUT2D eigenvalue weighted by atomic mass is 16.5. The Labute approximate surface area is 122 Å². The molecule has 0 amide bonds. The molecule has 3 aromatic rings. The molecule has 0 spiro atoms. The SMILES string of the molecule is N#Cc1ccc(C(=O)Oc2cccc3ccccc23)cc1. The van der Waals surface area contributed by atoms with Crippen molar-refractivity contribution in [2.75, 3.05) is 0 Å².